The molecule has 2 aromatic carbocycles. The van der Waals surface area contributed by atoms with Gasteiger partial charge in [-0.3, -0.25) is 4.90 Å². The average Bonchev–Trinajstić information content (AvgIpc) is 2.68. The number of carbonyl (C=O) groups is 2. The van der Waals surface area contributed by atoms with E-state index in [1.807, 2.05) is 6.07 Å². The number of allylic oxidation sites excluding steroid dienone is 1. The number of nitriles is 1. The van der Waals surface area contributed by atoms with Crippen LogP contribution in [-0.4, -0.2) is 18.6 Å². The van der Waals surface area contributed by atoms with Gasteiger partial charge in [0.25, 0.3) is 0 Å². The molecule has 3 rings (SSSR count). The Balaban J connectivity index is 2.10. The number of urea groups is 1. The molecule has 1 unspecified atom stereocenters. The molecule has 0 saturated heterocycles. The van der Waals surface area contributed by atoms with Gasteiger partial charge < -0.3 is 10.1 Å². The van der Waals surface area contributed by atoms with Crippen LogP contribution >= 0.6 is 11.6 Å². The van der Waals surface area contributed by atoms with Crippen molar-refractivity contribution < 1.29 is 14.3 Å². The van der Waals surface area contributed by atoms with E-state index in [1.165, 1.54) is 4.90 Å². The van der Waals surface area contributed by atoms with Gasteiger partial charge in [0, 0.05) is 10.7 Å². The largest absolute Gasteiger partial charge is 0.463 e. The second kappa shape index (κ2) is 8.15. The molecule has 28 heavy (non-hydrogen) atoms. The maximum atomic E-state index is 12.9. The Morgan fingerprint density at radius 2 is 1.86 bits per heavy atom. The highest BCUT2D eigenvalue weighted by atomic mass is 35.5. The minimum Gasteiger partial charge on any atom is -0.463 e. The Kier molecular flexibility index (Phi) is 5.67. The van der Waals surface area contributed by atoms with E-state index in [9.17, 15) is 9.59 Å². The Bertz CT molecular complexity index is 975. The van der Waals surface area contributed by atoms with Crippen LogP contribution in [0.25, 0.3) is 0 Å². The van der Waals surface area contributed by atoms with Gasteiger partial charge in [0.1, 0.15) is 0 Å². The monoisotopic (exact) mass is 395 g/mol. The third-order valence-corrected chi connectivity index (χ3v) is 4.69. The molecule has 1 heterocycles. The highest BCUT2D eigenvalue weighted by molar-refractivity contribution is 6.30. The molecule has 0 fully saturated rings. The number of ether oxygens (including phenoxy) is 1. The standard InChI is InChI=1S/C21H18ClN3O3/c1-3-28-20(26)18-13(2)25(17-10-4-14(12-23)5-11-17)21(27)24-19(18)15-6-8-16(22)9-7-15/h4-11,19H,3H2,1-2H3,(H,24,27). The van der Waals surface area contributed by atoms with Gasteiger partial charge in [0.05, 0.1) is 35.5 Å². The smallest absolute Gasteiger partial charge is 0.338 e. The molecule has 2 amide bonds. The third-order valence-electron chi connectivity index (χ3n) is 4.44. The number of hydrogen-bond donors (Lipinski definition) is 1. The average molecular weight is 396 g/mol. The van der Waals surface area contributed by atoms with Gasteiger partial charge in [-0.25, -0.2) is 9.59 Å². The van der Waals surface area contributed by atoms with Crippen LogP contribution in [0.15, 0.2) is 59.8 Å². The summed E-state index contributed by atoms with van der Waals surface area (Å²) in [5, 5.41) is 12.4. The van der Waals surface area contributed by atoms with Crippen molar-refractivity contribution in [3.8, 4) is 6.07 Å². The maximum Gasteiger partial charge on any atom is 0.338 e. The highest BCUT2D eigenvalue weighted by Gasteiger charge is 2.37. The molecule has 1 atom stereocenters. The van der Waals surface area contributed by atoms with E-state index in [0.29, 0.717) is 27.5 Å². The molecule has 6 nitrogen and oxygen atoms in total. The number of rotatable bonds is 4. The summed E-state index contributed by atoms with van der Waals surface area (Å²) in [6, 6.07) is 14.5. The van der Waals surface area contributed by atoms with Gasteiger partial charge in [-0.1, -0.05) is 23.7 Å². The van der Waals surface area contributed by atoms with Crippen LogP contribution in [0, 0.1) is 11.3 Å². The first kappa shape index (κ1) is 19.5. The first-order valence-corrected chi connectivity index (χ1v) is 9.08. The van der Waals surface area contributed by atoms with E-state index in [1.54, 1.807) is 62.4 Å². The molecular weight excluding hydrogens is 378 g/mol. The number of nitrogens with zero attached hydrogens (tertiary/aromatic N) is 2. The Morgan fingerprint density at radius 3 is 2.43 bits per heavy atom. The number of benzene rings is 2. The lowest BCUT2D eigenvalue weighted by Crippen LogP contribution is -2.48. The van der Waals surface area contributed by atoms with Gasteiger partial charge >= 0.3 is 12.0 Å². The first-order valence-electron chi connectivity index (χ1n) is 8.70. The zero-order valence-electron chi connectivity index (χ0n) is 15.4. The zero-order valence-corrected chi connectivity index (χ0v) is 16.2. The molecule has 0 radical (unpaired) electrons. The van der Waals surface area contributed by atoms with Gasteiger partial charge in [0.15, 0.2) is 0 Å². The summed E-state index contributed by atoms with van der Waals surface area (Å²) in [6.45, 7) is 3.64. The van der Waals surface area contributed by atoms with Crippen molar-refractivity contribution in [2.75, 3.05) is 11.5 Å². The number of esters is 1. The van der Waals surface area contributed by atoms with Crippen LogP contribution < -0.4 is 10.2 Å². The van der Waals surface area contributed by atoms with E-state index in [0.717, 1.165) is 5.56 Å². The Hall–Kier alpha value is -3.30. The second-order valence-corrected chi connectivity index (χ2v) is 6.58. The maximum absolute atomic E-state index is 12.9. The molecule has 0 saturated carbocycles. The van der Waals surface area contributed by atoms with E-state index in [-0.39, 0.29) is 12.6 Å². The number of anilines is 1. The fourth-order valence-electron chi connectivity index (χ4n) is 3.12. The zero-order chi connectivity index (χ0) is 20.3. The van der Waals surface area contributed by atoms with Crippen LogP contribution in [0.5, 0.6) is 0 Å². The van der Waals surface area contributed by atoms with Crippen molar-refractivity contribution in [2.45, 2.75) is 19.9 Å². The molecule has 1 aliphatic heterocycles. The number of carbonyl (C=O) groups excluding carboxylic acids is 2. The van der Waals surface area contributed by atoms with Crippen molar-refractivity contribution in [1.82, 2.24) is 5.32 Å². The topological polar surface area (TPSA) is 82.4 Å². The lowest BCUT2D eigenvalue weighted by Gasteiger charge is -2.35. The molecule has 0 aromatic heterocycles. The lowest BCUT2D eigenvalue weighted by molar-refractivity contribution is -0.139. The molecule has 0 spiro atoms. The highest BCUT2D eigenvalue weighted by Crippen LogP contribution is 2.34. The number of nitrogens with one attached hydrogen (secondary N) is 1. The Morgan fingerprint density at radius 1 is 1.21 bits per heavy atom. The fourth-order valence-corrected chi connectivity index (χ4v) is 3.24. The lowest BCUT2D eigenvalue weighted by atomic mass is 9.94. The van der Waals surface area contributed by atoms with Crippen LogP contribution in [0.2, 0.25) is 5.02 Å². The van der Waals surface area contributed by atoms with Gasteiger partial charge in [-0.2, -0.15) is 5.26 Å². The van der Waals surface area contributed by atoms with E-state index >= 15 is 0 Å². The predicted molar refractivity (Wildman–Crippen MR) is 106 cm³/mol. The molecule has 1 aliphatic rings. The minimum atomic E-state index is -0.654. The van der Waals surface area contributed by atoms with Crippen LogP contribution in [0.3, 0.4) is 0 Å². The predicted octanol–water partition coefficient (Wildman–Crippen LogP) is 4.32. The molecular formula is C21H18ClN3O3. The summed E-state index contributed by atoms with van der Waals surface area (Å²) >= 11 is 5.96. The SMILES string of the molecule is CCOC(=O)C1=C(C)N(c2ccc(C#N)cc2)C(=O)NC1c1ccc(Cl)cc1. The van der Waals surface area contributed by atoms with Crippen molar-refractivity contribution in [2.24, 2.45) is 0 Å². The second-order valence-electron chi connectivity index (χ2n) is 6.15. The third kappa shape index (κ3) is 3.71. The summed E-state index contributed by atoms with van der Waals surface area (Å²) in [5.41, 5.74) is 2.55. The van der Waals surface area contributed by atoms with E-state index in [2.05, 4.69) is 5.32 Å². The molecule has 2 aromatic rings. The van der Waals surface area contributed by atoms with Crippen LogP contribution in [0.4, 0.5) is 10.5 Å². The van der Waals surface area contributed by atoms with Crippen LogP contribution in [0.1, 0.15) is 31.0 Å². The minimum absolute atomic E-state index is 0.216. The fraction of sp³-hybridized carbons (Fsp3) is 0.190. The molecule has 142 valence electrons. The molecule has 0 aliphatic carbocycles. The summed E-state index contributed by atoms with van der Waals surface area (Å²) in [7, 11) is 0. The van der Waals surface area contributed by atoms with Crippen molar-refractivity contribution in [3.05, 3.63) is 76.0 Å². The summed E-state index contributed by atoms with van der Waals surface area (Å²) in [4.78, 5) is 27.0. The normalized spacial score (nSPS) is 16.4. The van der Waals surface area contributed by atoms with Crippen molar-refractivity contribution >= 4 is 29.3 Å². The number of amides is 2. The van der Waals surface area contributed by atoms with Crippen molar-refractivity contribution in [3.63, 3.8) is 0 Å². The molecule has 7 heteroatoms. The van der Waals surface area contributed by atoms with Crippen molar-refractivity contribution in [1.29, 1.82) is 5.26 Å². The quantitative estimate of drug-likeness (QED) is 0.781. The number of hydrogen-bond acceptors (Lipinski definition) is 4. The van der Waals surface area contributed by atoms with E-state index < -0.39 is 12.0 Å². The number of halogens is 1. The van der Waals surface area contributed by atoms with Gasteiger partial charge in [0.2, 0.25) is 0 Å². The summed E-state index contributed by atoms with van der Waals surface area (Å²) in [6.07, 6.45) is 0. The Labute approximate surface area is 168 Å². The molecule has 0 bridgehead atoms. The van der Waals surface area contributed by atoms with Gasteiger partial charge in [-0.15, -0.1) is 0 Å². The van der Waals surface area contributed by atoms with E-state index in [4.69, 9.17) is 21.6 Å². The first-order chi connectivity index (χ1) is 13.5. The summed E-state index contributed by atoms with van der Waals surface area (Å²) < 4.78 is 5.24. The van der Waals surface area contributed by atoms with Crippen LogP contribution in [-0.2, 0) is 9.53 Å². The molecule has 1 N–H and O–H groups in total. The summed E-state index contributed by atoms with van der Waals surface area (Å²) in [5.74, 6) is -0.501. The van der Waals surface area contributed by atoms with Gasteiger partial charge in [-0.05, 0) is 55.8 Å².